The van der Waals surface area contributed by atoms with E-state index in [1.54, 1.807) is 0 Å². The van der Waals surface area contributed by atoms with Gasteiger partial charge in [0.05, 0.1) is 13.5 Å². The number of ether oxygens (including phenoxy) is 5. The Hall–Kier alpha value is -1.29. The number of nitrogens with one attached hydrogen (secondary N) is 1. The second-order valence-electron chi connectivity index (χ2n) is 4.91. The second kappa shape index (κ2) is 8.88. The molecule has 1 fully saturated rings. The monoisotopic (exact) mass is 419 g/mol. The molecule has 0 aromatic heterocycles. The van der Waals surface area contributed by atoms with Crippen molar-refractivity contribution in [1.29, 1.82) is 5.41 Å². The number of esters is 3. The molecule has 0 amide bonds. The molecule has 1 aliphatic heterocycles. The summed E-state index contributed by atoms with van der Waals surface area (Å²) in [4.78, 5) is 34.6. The zero-order valence-electron chi connectivity index (χ0n) is 13.4. The Morgan fingerprint density at radius 1 is 1.08 bits per heavy atom. The van der Waals surface area contributed by atoms with Crippen molar-refractivity contribution in [2.75, 3.05) is 7.11 Å². The first-order valence-corrected chi connectivity index (χ1v) is 7.99. The zero-order chi connectivity index (χ0) is 19.4. The van der Waals surface area contributed by atoms with Crippen LogP contribution >= 0.6 is 34.8 Å². The third kappa shape index (κ3) is 6.50. The maximum atomic E-state index is 12.0. The Kier molecular flexibility index (Phi) is 7.73. The lowest BCUT2D eigenvalue weighted by atomic mass is 10.0. The lowest BCUT2D eigenvalue weighted by Crippen LogP contribution is -2.56. The van der Waals surface area contributed by atoms with Crippen LogP contribution in [0.4, 0.5) is 0 Å². The van der Waals surface area contributed by atoms with E-state index in [0.717, 1.165) is 21.0 Å². The predicted molar refractivity (Wildman–Crippen MR) is 85.5 cm³/mol. The Labute approximate surface area is 158 Å². The summed E-state index contributed by atoms with van der Waals surface area (Å²) in [6.45, 7) is 2.24. The molecular weight excluding hydrogens is 405 g/mol. The Morgan fingerprint density at radius 2 is 1.64 bits per heavy atom. The minimum Gasteiger partial charge on any atom is -0.467 e. The minimum absolute atomic E-state index is 0.186. The fourth-order valence-electron chi connectivity index (χ4n) is 2.05. The van der Waals surface area contributed by atoms with Gasteiger partial charge in [-0.15, -0.1) is 0 Å². The third-order valence-electron chi connectivity index (χ3n) is 2.95. The standard InChI is InChI=1S/C13H16Cl3NO8/c1-5(18)22-7-4-8(25-12(17)13(14,15)16)24-10(11(20)21-3)9(7)23-6(2)19/h7-10,17H,4H2,1-3H3/t7-,8-,9+,10+/m1/s1. The van der Waals surface area contributed by atoms with Crippen molar-refractivity contribution in [3.8, 4) is 0 Å². The number of alkyl halides is 3. The molecule has 1 aliphatic rings. The highest BCUT2D eigenvalue weighted by Gasteiger charge is 2.49. The fourth-order valence-corrected chi connectivity index (χ4v) is 2.19. The summed E-state index contributed by atoms with van der Waals surface area (Å²) in [6.07, 6.45) is -5.32. The molecule has 0 bridgehead atoms. The van der Waals surface area contributed by atoms with Gasteiger partial charge in [0.15, 0.2) is 12.2 Å². The van der Waals surface area contributed by atoms with Crippen LogP contribution in [0.3, 0.4) is 0 Å². The fraction of sp³-hybridized carbons (Fsp3) is 0.692. The quantitative estimate of drug-likeness (QED) is 0.239. The maximum absolute atomic E-state index is 12.0. The van der Waals surface area contributed by atoms with E-state index in [1.165, 1.54) is 0 Å². The van der Waals surface area contributed by atoms with E-state index < -0.39 is 52.2 Å². The summed E-state index contributed by atoms with van der Waals surface area (Å²) in [5.41, 5.74) is 0. The Balaban J connectivity index is 3.07. The molecule has 12 heteroatoms. The minimum atomic E-state index is -2.16. The van der Waals surface area contributed by atoms with Gasteiger partial charge >= 0.3 is 17.9 Å². The van der Waals surface area contributed by atoms with E-state index in [1.807, 2.05) is 0 Å². The maximum Gasteiger partial charge on any atom is 0.339 e. The largest absolute Gasteiger partial charge is 0.467 e. The first kappa shape index (κ1) is 21.8. The van der Waals surface area contributed by atoms with E-state index in [9.17, 15) is 14.4 Å². The van der Waals surface area contributed by atoms with Crippen molar-refractivity contribution in [3.05, 3.63) is 0 Å². The molecular formula is C13H16Cl3NO8. The van der Waals surface area contributed by atoms with Gasteiger partial charge < -0.3 is 23.7 Å². The van der Waals surface area contributed by atoms with Gasteiger partial charge in [-0.3, -0.25) is 15.0 Å². The molecule has 1 rings (SSSR count). The van der Waals surface area contributed by atoms with Gasteiger partial charge in [-0.25, -0.2) is 4.79 Å². The molecule has 4 atom stereocenters. The number of carbonyl (C=O) groups excluding carboxylic acids is 3. The summed E-state index contributed by atoms with van der Waals surface area (Å²) in [7, 11) is 1.09. The zero-order valence-corrected chi connectivity index (χ0v) is 15.7. The average Bonchev–Trinajstić information content (AvgIpc) is 2.46. The van der Waals surface area contributed by atoms with E-state index >= 15 is 0 Å². The molecule has 25 heavy (non-hydrogen) atoms. The molecule has 0 unspecified atom stereocenters. The lowest BCUT2D eigenvalue weighted by molar-refractivity contribution is -0.244. The van der Waals surface area contributed by atoms with Crippen LogP contribution in [0.15, 0.2) is 0 Å². The van der Waals surface area contributed by atoms with E-state index in [2.05, 4.69) is 4.74 Å². The smallest absolute Gasteiger partial charge is 0.339 e. The number of rotatable bonds is 4. The first-order valence-electron chi connectivity index (χ1n) is 6.85. The van der Waals surface area contributed by atoms with E-state index in [-0.39, 0.29) is 6.42 Å². The Bertz CT molecular complexity index is 550. The second-order valence-corrected chi connectivity index (χ2v) is 7.19. The van der Waals surface area contributed by atoms with Gasteiger partial charge in [0.2, 0.25) is 12.2 Å². The number of hydrogen-bond acceptors (Lipinski definition) is 9. The van der Waals surface area contributed by atoms with E-state index in [4.69, 9.17) is 59.2 Å². The average molecular weight is 421 g/mol. The molecule has 0 aliphatic carbocycles. The molecule has 1 saturated heterocycles. The van der Waals surface area contributed by atoms with Gasteiger partial charge in [-0.2, -0.15) is 0 Å². The summed E-state index contributed by atoms with van der Waals surface area (Å²) in [5, 5.41) is 7.56. The number of methoxy groups -OCH3 is 1. The van der Waals surface area contributed by atoms with Gasteiger partial charge in [0.1, 0.15) is 6.10 Å². The molecule has 142 valence electrons. The first-order chi connectivity index (χ1) is 11.5. The van der Waals surface area contributed by atoms with Crippen molar-refractivity contribution in [2.24, 2.45) is 0 Å². The highest BCUT2D eigenvalue weighted by Crippen LogP contribution is 2.32. The van der Waals surface area contributed by atoms with Crippen LogP contribution in [0, 0.1) is 5.41 Å². The Morgan fingerprint density at radius 3 is 2.08 bits per heavy atom. The van der Waals surface area contributed by atoms with Gasteiger partial charge in [-0.05, 0) is 0 Å². The number of carbonyl (C=O) groups is 3. The van der Waals surface area contributed by atoms with Gasteiger partial charge in [-0.1, -0.05) is 34.8 Å². The van der Waals surface area contributed by atoms with Crippen LogP contribution in [0.25, 0.3) is 0 Å². The summed E-state index contributed by atoms with van der Waals surface area (Å²) < 4.78 is 23.0. The van der Waals surface area contributed by atoms with E-state index in [0.29, 0.717) is 0 Å². The number of halogens is 3. The SMILES string of the molecule is COC(=O)[C@H]1O[C@H](OC(=N)C(Cl)(Cl)Cl)C[C@@H](OC(C)=O)[C@@H]1OC(C)=O. The van der Waals surface area contributed by atoms with Crippen LogP contribution in [-0.2, 0) is 38.1 Å². The van der Waals surface area contributed by atoms with Crippen LogP contribution < -0.4 is 0 Å². The lowest BCUT2D eigenvalue weighted by Gasteiger charge is -2.39. The van der Waals surface area contributed by atoms with Crippen LogP contribution in [0.2, 0.25) is 0 Å². The molecule has 0 aromatic rings. The van der Waals surface area contributed by atoms with Crippen molar-refractivity contribution in [2.45, 2.75) is 48.7 Å². The molecule has 0 radical (unpaired) electrons. The molecule has 1 N–H and O–H groups in total. The third-order valence-corrected chi connectivity index (χ3v) is 3.46. The summed E-state index contributed by atoms with van der Waals surface area (Å²) in [5.74, 6) is -3.09. The van der Waals surface area contributed by atoms with Crippen LogP contribution in [0.5, 0.6) is 0 Å². The van der Waals surface area contributed by atoms with Gasteiger partial charge in [0.25, 0.3) is 3.79 Å². The highest BCUT2D eigenvalue weighted by molar-refractivity contribution is 6.76. The molecule has 9 nitrogen and oxygen atoms in total. The van der Waals surface area contributed by atoms with Crippen molar-refractivity contribution < 1.29 is 38.1 Å². The highest BCUT2D eigenvalue weighted by atomic mass is 35.6. The van der Waals surface area contributed by atoms with Crippen LogP contribution in [0.1, 0.15) is 20.3 Å². The normalized spacial score (nSPS) is 26.3. The molecule has 1 heterocycles. The topological polar surface area (TPSA) is 121 Å². The molecule has 0 aromatic carbocycles. The summed E-state index contributed by atoms with van der Waals surface area (Å²) >= 11 is 16.6. The van der Waals surface area contributed by atoms with Crippen molar-refractivity contribution in [1.82, 2.24) is 0 Å². The van der Waals surface area contributed by atoms with Crippen molar-refractivity contribution in [3.63, 3.8) is 0 Å². The predicted octanol–water partition coefficient (Wildman–Crippen LogP) is 1.50. The summed E-state index contributed by atoms with van der Waals surface area (Å²) in [6, 6.07) is 0. The van der Waals surface area contributed by atoms with Crippen molar-refractivity contribution >= 4 is 58.6 Å². The molecule has 0 spiro atoms. The number of hydrogen-bond donors (Lipinski definition) is 1. The van der Waals surface area contributed by atoms with Gasteiger partial charge in [0, 0.05) is 13.8 Å². The van der Waals surface area contributed by atoms with Crippen LogP contribution in [-0.4, -0.2) is 59.3 Å². The molecule has 0 saturated carbocycles.